The van der Waals surface area contributed by atoms with Crippen molar-refractivity contribution in [3.05, 3.63) is 29.1 Å². The number of thiol groups is 1. The van der Waals surface area contributed by atoms with Gasteiger partial charge in [-0.15, -0.1) is 24.0 Å². The highest BCUT2D eigenvalue weighted by Gasteiger charge is 2.05. The van der Waals surface area contributed by atoms with Crippen molar-refractivity contribution in [2.45, 2.75) is 4.90 Å². The number of hydrogen-bond donors (Lipinski definition) is 1. The fourth-order valence-corrected chi connectivity index (χ4v) is 2.75. The summed E-state index contributed by atoms with van der Waals surface area (Å²) in [5, 5.41) is 1.21. The summed E-state index contributed by atoms with van der Waals surface area (Å²) in [5.74, 6) is 0. The lowest BCUT2D eigenvalue weighted by Crippen LogP contribution is -1.73. The van der Waals surface area contributed by atoms with E-state index in [0.717, 1.165) is 9.77 Å². The topological polar surface area (TPSA) is 12.4 Å². The van der Waals surface area contributed by atoms with Crippen LogP contribution in [0.25, 0.3) is 10.1 Å². The minimum atomic E-state index is 1.03. The van der Waals surface area contributed by atoms with Crippen LogP contribution in [0.3, 0.4) is 0 Å². The van der Waals surface area contributed by atoms with E-state index >= 15 is 0 Å². The smallest absolute Gasteiger partial charge is 0.0594 e. The van der Waals surface area contributed by atoms with Crippen molar-refractivity contribution in [3.63, 3.8) is 0 Å². The van der Waals surface area contributed by atoms with Gasteiger partial charge in [0.05, 0.1) is 4.88 Å². The van der Waals surface area contributed by atoms with E-state index in [2.05, 4.69) is 29.8 Å². The Kier molecular flexibility index (Phi) is 2.38. The predicted molar refractivity (Wildman–Crippen MR) is 62.6 cm³/mol. The van der Waals surface area contributed by atoms with E-state index in [4.69, 9.17) is 0 Å². The molecule has 1 aromatic heterocycles. The third-order valence-corrected chi connectivity index (χ3v) is 3.58. The van der Waals surface area contributed by atoms with Crippen LogP contribution in [0.15, 0.2) is 34.2 Å². The first-order chi connectivity index (χ1) is 6.33. The number of aliphatic imine (C=N–C) groups is 1. The minimum Gasteiger partial charge on any atom is -0.295 e. The van der Waals surface area contributed by atoms with Gasteiger partial charge in [-0.3, -0.25) is 4.99 Å². The summed E-state index contributed by atoms with van der Waals surface area (Å²) in [6.45, 7) is 0. The monoisotopic (exact) mass is 207 g/mol. The minimum absolute atomic E-state index is 1.03. The molecular weight excluding hydrogens is 198 g/mol. The van der Waals surface area contributed by atoms with Gasteiger partial charge in [-0.1, -0.05) is 18.2 Å². The summed E-state index contributed by atoms with van der Waals surface area (Å²) < 4.78 is 1.27. The molecule has 2 rings (SSSR count). The summed E-state index contributed by atoms with van der Waals surface area (Å²) >= 11 is 6.19. The third-order valence-electron chi connectivity index (χ3n) is 1.84. The van der Waals surface area contributed by atoms with Gasteiger partial charge in [0.1, 0.15) is 0 Å². The second-order valence-electron chi connectivity index (χ2n) is 2.70. The normalized spacial score (nSPS) is 11.5. The summed E-state index contributed by atoms with van der Waals surface area (Å²) in [7, 11) is 1.78. The summed E-state index contributed by atoms with van der Waals surface area (Å²) in [4.78, 5) is 6.16. The van der Waals surface area contributed by atoms with E-state index < -0.39 is 0 Å². The fraction of sp³-hybridized carbons (Fsp3) is 0.100. The molecule has 0 amide bonds. The zero-order valence-corrected chi connectivity index (χ0v) is 8.90. The molecule has 13 heavy (non-hydrogen) atoms. The molecule has 1 nitrogen and oxygen atoms in total. The Morgan fingerprint density at radius 1 is 1.38 bits per heavy atom. The van der Waals surface area contributed by atoms with Crippen molar-refractivity contribution >= 4 is 40.3 Å². The maximum Gasteiger partial charge on any atom is 0.0594 e. The highest BCUT2D eigenvalue weighted by Crippen LogP contribution is 2.32. The van der Waals surface area contributed by atoms with E-state index in [1.165, 1.54) is 10.1 Å². The summed E-state index contributed by atoms with van der Waals surface area (Å²) in [6, 6.07) is 8.26. The van der Waals surface area contributed by atoms with E-state index in [-0.39, 0.29) is 0 Å². The molecule has 0 spiro atoms. The van der Waals surface area contributed by atoms with Crippen LogP contribution in [0.2, 0.25) is 0 Å². The van der Waals surface area contributed by atoms with Gasteiger partial charge < -0.3 is 0 Å². The lowest BCUT2D eigenvalue weighted by Gasteiger charge is -1.88. The molecule has 66 valence electrons. The second-order valence-corrected chi connectivity index (χ2v) is 4.23. The number of fused-ring (bicyclic) bond motifs is 1. The molecule has 3 heteroatoms. The summed E-state index contributed by atoms with van der Waals surface area (Å²) in [6.07, 6.45) is 1.85. The van der Waals surface area contributed by atoms with Crippen LogP contribution in [0, 0.1) is 0 Å². The molecular formula is C10H9NS2. The fourth-order valence-electron chi connectivity index (χ4n) is 1.26. The molecule has 0 aliphatic carbocycles. The van der Waals surface area contributed by atoms with Crippen molar-refractivity contribution < 1.29 is 0 Å². The molecule has 0 N–H and O–H groups in total. The number of nitrogens with zero attached hydrogens (tertiary/aromatic N) is 1. The van der Waals surface area contributed by atoms with E-state index in [1.54, 1.807) is 18.4 Å². The molecule has 0 unspecified atom stereocenters. The maximum atomic E-state index is 4.47. The van der Waals surface area contributed by atoms with Crippen LogP contribution >= 0.6 is 24.0 Å². The molecule has 0 fully saturated rings. The first-order valence-corrected chi connectivity index (χ1v) is 5.22. The molecule has 2 aromatic rings. The van der Waals surface area contributed by atoms with Crippen molar-refractivity contribution in [3.8, 4) is 0 Å². The zero-order chi connectivity index (χ0) is 9.26. The quantitative estimate of drug-likeness (QED) is 0.544. The molecule has 0 atom stereocenters. The van der Waals surface area contributed by atoms with Crippen molar-refractivity contribution in [1.29, 1.82) is 0 Å². The predicted octanol–water partition coefficient (Wildman–Crippen LogP) is 3.24. The highest BCUT2D eigenvalue weighted by atomic mass is 32.1. The molecule has 0 radical (unpaired) electrons. The van der Waals surface area contributed by atoms with Gasteiger partial charge in [0, 0.05) is 28.2 Å². The Morgan fingerprint density at radius 2 is 2.15 bits per heavy atom. The van der Waals surface area contributed by atoms with Crippen LogP contribution in [0.5, 0.6) is 0 Å². The third kappa shape index (κ3) is 1.49. The molecule has 0 bridgehead atoms. The number of benzene rings is 1. The zero-order valence-electron chi connectivity index (χ0n) is 7.19. The Balaban J connectivity index is 2.73. The Hall–Kier alpha value is -0.800. The van der Waals surface area contributed by atoms with Crippen molar-refractivity contribution in [2.24, 2.45) is 4.99 Å². The van der Waals surface area contributed by atoms with Crippen LogP contribution in [-0.2, 0) is 0 Å². The standard InChI is InChI=1S/C10H9NS2/c1-11-6-9-10(12)7-4-2-3-5-8(7)13-9/h2-6,12H,1H3. The van der Waals surface area contributed by atoms with Gasteiger partial charge in [0.15, 0.2) is 0 Å². The Morgan fingerprint density at radius 3 is 2.85 bits per heavy atom. The van der Waals surface area contributed by atoms with Gasteiger partial charge in [0.25, 0.3) is 0 Å². The first kappa shape index (κ1) is 8.78. The largest absolute Gasteiger partial charge is 0.295 e. The SMILES string of the molecule is CN=Cc1sc2ccccc2c1S. The van der Waals surface area contributed by atoms with Crippen LogP contribution in [0.4, 0.5) is 0 Å². The molecule has 0 saturated carbocycles. The van der Waals surface area contributed by atoms with Gasteiger partial charge in [0.2, 0.25) is 0 Å². The second kappa shape index (κ2) is 3.52. The lowest BCUT2D eigenvalue weighted by molar-refractivity contribution is 1.46. The number of thiophene rings is 1. The lowest BCUT2D eigenvalue weighted by atomic mass is 10.2. The Labute approximate surface area is 86.5 Å². The molecule has 1 heterocycles. The molecule has 1 aromatic carbocycles. The maximum absolute atomic E-state index is 4.47. The van der Waals surface area contributed by atoms with Gasteiger partial charge in [-0.2, -0.15) is 0 Å². The average Bonchev–Trinajstić information content (AvgIpc) is 2.46. The average molecular weight is 207 g/mol. The molecule has 0 aliphatic heterocycles. The van der Waals surface area contributed by atoms with Gasteiger partial charge in [-0.25, -0.2) is 0 Å². The first-order valence-electron chi connectivity index (χ1n) is 3.95. The highest BCUT2D eigenvalue weighted by molar-refractivity contribution is 7.81. The van der Waals surface area contributed by atoms with Crippen molar-refractivity contribution in [1.82, 2.24) is 0 Å². The van der Waals surface area contributed by atoms with Crippen LogP contribution in [0.1, 0.15) is 4.88 Å². The summed E-state index contributed by atoms with van der Waals surface area (Å²) in [5.41, 5.74) is 0. The van der Waals surface area contributed by atoms with E-state index in [9.17, 15) is 0 Å². The number of hydrogen-bond acceptors (Lipinski definition) is 3. The van der Waals surface area contributed by atoms with Crippen LogP contribution in [-0.4, -0.2) is 13.3 Å². The van der Waals surface area contributed by atoms with Gasteiger partial charge >= 0.3 is 0 Å². The number of rotatable bonds is 1. The van der Waals surface area contributed by atoms with Crippen molar-refractivity contribution in [2.75, 3.05) is 7.05 Å². The van der Waals surface area contributed by atoms with Gasteiger partial charge in [-0.05, 0) is 6.07 Å². The van der Waals surface area contributed by atoms with E-state index in [0.29, 0.717) is 0 Å². The molecule has 0 aliphatic rings. The van der Waals surface area contributed by atoms with E-state index in [1.807, 2.05) is 18.3 Å². The Bertz CT molecular complexity index is 457. The molecule has 0 saturated heterocycles. The van der Waals surface area contributed by atoms with Crippen LogP contribution < -0.4 is 0 Å².